The van der Waals surface area contributed by atoms with Crippen molar-refractivity contribution in [2.24, 2.45) is 0 Å². The molecule has 0 fully saturated rings. The lowest BCUT2D eigenvalue weighted by molar-refractivity contribution is -0.107. The smallest absolute Gasteiger partial charge is 0.338 e. The molecule has 36 heavy (non-hydrogen) atoms. The summed E-state index contributed by atoms with van der Waals surface area (Å²) in [5, 5.41) is 21.8. The van der Waals surface area contributed by atoms with E-state index in [9.17, 15) is 24.6 Å². The van der Waals surface area contributed by atoms with Gasteiger partial charge in [-0.2, -0.15) is 0 Å². The van der Waals surface area contributed by atoms with Crippen LogP contribution < -0.4 is 0 Å². The summed E-state index contributed by atoms with van der Waals surface area (Å²) in [4.78, 5) is 37.7. The molecule has 0 radical (unpaired) electrons. The Bertz CT molecular complexity index is 1220. The minimum atomic E-state index is -1.58. The molecule has 0 unspecified atom stereocenters. The van der Waals surface area contributed by atoms with Gasteiger partial charge >= 0.3 is 17.9 Å². The molecule has 8 nitrogen and oxygen atoms in total. The number of aliphatic hydroxyl groups is 2. The quantitative estimate of drug-likeness (QED) is 0.296. The number of hydrogen-bond acceptors (Lipinski definition) is 8. The van der Waals surface area contributed by atoms with Gasteiger partial charge in [0, 0.05) is 0 Å². The second-order valence-corrected chi connectivity index (χ2v) is 8.09. The zero-order chi connectivity index (χ0) is 25.5. The second kappa shape index (κ2) is 11.4. The fraction of sp³-hybridized carbons (Fsp3) is 0.179. The maximum absolute atomic E-state index is 12.7. The van der Waals surface area contributed by atoms with Crippen molar-refractivity contribution in [3.63, 3.8) is 0 Å². The van der Waals surface area contributed by atoms with Gasteiger partial charge in [0.25, 0.3) is 0 Å². The Kier molecular flexibility index (Phi) is 7.89. The minimum Gasteiger partial charge on any atom is -0.457 e. The van der Waals surface area contributed by atoms with Crippen LogP contribution in [-0.4, -0.2) is 59.1 Å². The van der Waals surface area contributed by atoms with Crippen LogP contribution in [0.4, 0.5) is 0 Å². The highest BCUT2D eigenvalue weighted by molar-refractivity contribution is 5.90. The lowest BCUT2D eigenvalue weighted by Gasteiger charge is -2.36. The first-order valence-electron chi connectivity index (χ1n) is 11.2. The molecule has 4 atom stereocenters. The van der Waals surface area contributed by atoms with Crippen molar-refractivity contribution in [3.05, 3.63) is 119 Å². The van der Waals surface area contributed by atoms with Crippen LogP contribution in [0, 0.1) is 0 Å². The summed E-state index contributed by atoms with van der Waals surface area (Å²) in [6.07, 6.45) is -4.54. The van der Waals surface area contributed by atoms with E-state index >= 15 is 0 Å². The van der Waals surface area contributed by atoms with Gasteiger partial charge in [-0.05, 0) is 48.0 Å². The molecule has 1 aliphatic rings. The third kappa shape index (κ3) is 5.86. The van der Waals surface area contributed by atoms with Crippen LogP contribution in [0.25, 0.3) is 0 Å². The van der Waals surface area contributed by atoms with Gasteiger partial charge < -0.3 is 24.4 Å². The van der Waals surface area contributed by atoms with Crippen molar-refractivity contribution < 1.29 is 38.8 Å². The van der Waals surface area contributed by atoms with Crippen LogP contribution in [0.3, 0.4) is 0 Å². The van der Waals surface area contributed by atoms with E-state index in [0.29, 0.717) is 5.56 Å². The van der Waals surface area contributed by atoms with E-state index in [1.165, 1.54) is 18.2 Å². The third-order valence-corrected chi connectivity index (χ3v) is 5.63. The Morgan fingerprint density at radius 2 is 1.08 bits per heavy atom. The molecule has 4 rings (SSSR count). The first-order chi connectivity index (χ1) is 17.4. The fourth-order valence-corrected chi connectivity index (χ4v) is 3.70. The zero-order valence-electron chi connectivity index (χ0n) is 19.1. The van der Waals surface area contributed by atoms with Crippen molar-refractivity contribution in [1.82, 2.24) is 0 Å². The van der Waals surface area contributed by atoms with Crippen LogP contribution >= 0.6 is 0 Å². The molecule has 0 bridgehead atoms. The molecule has 3 aromatic rings. The maximum atomic E-state index is 12.7. The SMILES string of the molecule is O=C(OCC1=C[C@@H](OC(=O)c2ccccc2)[C@H](O)[C@@H](OC(=O)c2ccccc2)[C@@H]1O)c1ccccc1. The Morgan fingerprint density at radius 3 is 1.58 bits per heavy atom. The minimum absolute atomic E-state index is 0.112. The van der Waals surface area contributed by atoms with Crippen molar-refractivity contribution in [3.8, 4) is 0 Å². The normalized spacial score (nSPS) is 21.1. The van der Waals surface area contributed by atoms with Crippen LogP contribution in [0.5, 0.6) is 0 Å². The molecule has 0 heterocycles. The summed E-state index contributed by atoms with van der Waals surface area (Å²) in [6.45, 7) is -0.375. The lowest BCUT2D eigenvalue weighted by Crippen LogP contribution is -2.52. The van der Waals surface area contributed by atoms with Gasteiger partial charge in [0.2, 0.25) is 0 Å². The van der Waals surface area contributed by atoms with Gasteiger partial charge in [0.05, 0.1) is 16.7 Å². The Labute approximate surface area is 207 Å². The molecular formula is C28H24O8. The highest BCUT2D eigenvalue weighted by Crippen LogP contribution is 2.27. The first-order valence-corrected chi connectivity index (χ1v) is 11.2. The van der Waals surface area contributed by atoms with Gasteiger partial charge in [-0.1, -0.05) is 54.6 Å². The number of ether oxygens (including phenoxy) is 3. The van der Waals surface area contributed by atoms with Gasteiger partial charge in [-0.25, -0.2) is 14.4 Å². The highest BCUT2D eigenvalue weighted by Gasteiger charge is 2.43. The molecular weight excluding hydrogens is 464 g/mol. The van der Waals surface area contributed by atoms with Crippen LogP contribution in [0.1, 0.15) is 31.1 Å². The van der Waals surface area contributed by atoms with E-state index in [2.05, 4.69) is 0 Å². The highest BCUT2D eigenvalue weighted by atomic mass is 16.6. The average molecular weight is 488 g/mol. The van der Waals surface area contributed by atoms with Gasteiger partial charge in [0.15, 0.2) is 12.2 Å². The second-order valence-electron chi connectivity index (χ2n) is 8.09. The number of hydrogen-bond donors (Lipinski definition) is 2. The summed E-state index contributed by atoms with van der Waals surface area (Å²) in [5.41, 5.74) is 0.879. The molecule has 0 spiro atoms. The Hall–Kier alpha value is -4.27. The number of rotatable bonds is 7. The molecule has 0 saturated carbocycles. The van der Waals surface area contributed by atoms with E-state index in [-0.39, 0.29) is 23.3 Å². The van der Waals surface area contributed by atoms with Gasteiger partial charge in [-0.3, -0.25) is 0 Å². The first kappa shape index (κ1) is 24.8. The summed E-state index contributed by atoms with van der Waals surface area (Å²) in [5.74, 6) is -2.14. The predicted molar refractivity (Wildman–Crippen MR) is 128 cm³/mol. The van der Waals surface area contributed by atoms with Crippen LogP contribution in [0.2, 0.25) is 0 Å². The monoisotopic (exact) mass is 488 g/mol. The van der Waals surface area contributed by atoms with Crippen LogP contribution in [0.15, 0.2) is 103 Å². The summed E-state index contributed by atoms with van der Waals surface area (Å²) in [7, 11) is 0. The molecule has 8 heteroatoms. The number of carbonyl (C=O) groups is 3. The fourth-order valence-electron chi connectivity index (χ4n) is 3.70. The van der Waals surface area contributed by atoms with Crippen molar-refractivity contribution in [2.45, 2.75) is 24.4 Å². The van der Waals surface area contributed by atoms with Crippen molar-refractivity contribution in [2.75, 3.05) is 6.61 Å². The molecule has 0 aromatic heterocycles. The molecule has 1 aliphatic carbocycles. The van der Waals surface area contributed by atoms with Crippen molar-refractivity contribution in [1.29, 1.82) is 0 Å². The topological polar surface area (TPSA) is 119 Å². The van der Waals surface area contributed by atoms with Gasteiger partial charge in [0.1, 0.15) is 18.8 Å². The molecule has 0 saturated heterocycles. The largest absolute Gasteiger partial charge is 0.457 e. The summed E-state index contributed by atoms with van der Waals surface area (Å²) in [6, 6.07) is 24.5. The lowest BCUT2D eigenvalue weighted by atomic mass is 9.89. The molecule has 3 aromatic carbocycles. The van der Waals surface area contributed by atoms with E-state index in [1.54, 1.807) is 78.9 Å². The van der Waals surface area contributed by atoms with E-state index in [4.69, 9.17) is 14.2 Å². The van der Waals surface area contributed by atoms with Crippen LogP contribution in [-0.2, 0) is 14.2 Å². The number of benzene rings is 3. The predicted octanol–water partition coefficient (Wildman–Crippen LogP) is 2.96. The standard InChI is InChI=1S/C28H24O8/c29-23-21(17-34-26(31)18-10-4-1-5-11-18)16-22(35-27(32)19-12-6-2-7-13-19)24(30)25(23)36-28(33)20-14-8-3-9-15-20/h1-16,22-25,29-30H,17H2/t22-,23-,24+,25+/m1/s1. The Balaban J connectivity index is 1.55. The molecule has 2 N–H and O–H groups in total. The number of aliphatic hydroxyl groups excluding tert-OH is 2. The average Bonchev–Trinajstić information content (AvgIpc) is 2.93. The van der Waals surface area contributed by atoms with E-state index < -0.39 is 42.3 Å². The van der Waals surface area contributed by atoms with E-state index in [1.807, 2.05) is 0 Å². The summed E-state index contributed by atoms with van der Waals surface area (Å²) < 4.78 is 16.2. The van der Waals surface area contributed by atoms with Crippen molar-refractivity contribution >= 4 is 17.9 Å². The maximum Gasteiger partial charge on any atom is 0.338 e. The molecule has 184 valence electrons. The third-order valence-electron chi connectivity index (χ3n) is 5.63. The molecule has 0 amide bonds. The summed E-state index contributed by atoms with van der Waals surface area (Å²) >= 11 is 0. The van der Waals surface area contributed by atoms with Gasteiger partial charge in [-0.15, -0.1) is 0 Å². The zero-order valence-corrected chi connectivity index (χ0v) is 19.1. The molecule has 0 aliphatic heterocycles. The Morgan fingerprint density at radius 1 is 0.639 bits per heavy atom. The van der Waals surface area contributed by atoms with E-state index in [0.717, 1.165) is 0 Å². The number of carbonyl (C=O) groups excluding carboxylic acids is 3. The number of esters is 3.